The molecule has 106 valence electrons. The van der Waals surface area contributed by atoms with E-state index in [0.717, 1.165) is 36.5 Å². The topological polar surface area (TPSA) is 32.6 Å². The van der Waals surface area contributed by atoms with Gasteiger partial charge in [0, 0.05) is 32.4 Å². The molecule has 0 aliphatic heterocycles. The highest BCUT2D eigenvalue weighted by molar-refractivity contribution is 5.55. The van der Waals surface area contributed by atoms with E-state index in [9.17, 15) is 0 Å². The van der Waals surface area contributed by atoms with Gasteiger partial charge in [0.1, 0.15) is 5.65 Å². The van der Waals surface area contributed by atoms with Crippen LogP contribution in [-0.4, -0.2) is 29.0 Å². The molecule has 0 spiro atoms. The third-order valence-electron chi connectivity index (χ3n) is 4.33. The van der Waals surface area contributed by atoms with Crippen LogP contribution in [-0.2, 0) is 6.54 Å². The Morgan fingerprint density at radius 2 is 2.15 bits per heavy atom. The minimum Gasteiger partial charge on any atom is -0.358 e. The van der Waals surface area contributed by atoms with Gasteiger partial charge in [-0.25, -0.2) is 4.98 Å². The van der Waals surface area contributed by atoms with E-state index in [1.54, 1.807) is 0 Å². The first-order chi connectivity index (χ1) is 9.81. The predicted molar refractivity (Wildman–Crippen MR) is 81.0 cm³/mol. The summed E-state index contributed by atoms with van der Waals surface area (Å²) < 4.78 is 2.23. The van der Waals surface area contributed by atoms with E-state index in [1.165, 1.54) is 31.4 Å². The Balaban J connectivity index is 1.66. The minimum absolute atomic E-state index is 0.728. The minimum atomic E-state index is 0.728. The third-order valence-corrected chi connectivity index (χ3v) is 4.33. The van der Waals surface area contributed by atoms with Crippen LogP contribution in [0.25, 0.3) is 5.65 Å². The molecule has 1 N–H and O–H groups in total. The largest absolute Gasteiger partial charge is 0.358 e. The maximum atomic E-state index is 4.84. The molecule has 2 aliphatic carbocycles. The fourth-order valence-corrected chi connectivity index (χ4v) is 2.81. The van der Waals surface area contributed by atoms with Crippen LogP contribution in [0.3, 0.4) is 0 Å². The normalized spacial score (nSPS) is 18.6. The van der Waals surface area contributed by atoms with Crippen LogP contribution in [0.15, 0.2) is 24.4 Å². The molecule has 2 fully saturated rings. The lowest BCUT2D eigenvalue weighted by Gasteiger charge is -2.18. The average molecular weight is 270 g/mol. The molecule has 4 heteroatoms. The molecule has 0 atom stereocenters. The molecule has 0 unspecified atom stereocenters. The van der Waals surface area contributed by atoms with Gasteiger partial charge < -0.3 is 14.6 Å². The first kappa shape index (κ1) is 12.2. The van der Waals surface area contributed by atoms with Crippen molar-refractivity contribution in [3.8, 4) is 0 Å². The van der Waals surface area contributed by atoms with Gasteiger partial charge in [0.2, 0.25) is 0 Å². The number of aromatic nitrogens is 2. The van der Waals surface area contributed by atoms with Crippen LogP contribution in [0.1, 0.15) is 31.4 Å². The first-order valence-electron chi connectivity index (χ1n) is 7.72. The summed E-state index contributed by atoms with van der Waals surface area (Å²) in [5, 5.41) is 3.63. The zero-order valence-corrected chi connectivity index (χ0v) is 12.0. The lowest BCUT2D eigenvalue weighted by molar-refractivity contribution is 0.666. The summed E-state index contributed by atoms with van der Waals surface area (Å²) in [6.45, 7) is 2.06. The van der Waals surface area contributed by atoms with Gasteiger partial charge in [-0.1, -0.05) is 6.07 Å². The standard InChI is InChI=1S/C16H22N4/c1-19(11-12-5-6-12)16-14(10-17-13-7-8-13)20-9-3-2-4-15(20)18-16/h2-4,9,12-13,17H,5-8,10-11H2,1H3. The van der Waals surface area contributed by atoms with E-state index >= 15 is 0 Å². The van der Waals surface area contributed by atoms with Crippen LogP contribution in [0.2, 0.25) is 0 Å². The Morgan fingerprint density at radius 1 is 1.30 bits per heavy atom. The summed E-state index contributed by atoms with van der Waals surface area (Å²) >= 11 is 0. The number of nitrogens with zero attached hydrogens (tertiary/aromatic N) is 3. The lowest BCUT2D eigenvalue weighted by Crippen LogP contribution is -2.24. The zero-order valence-electron chi connectivity index (χ0n) is 12.0. The molecular formula is C16H22N4. The van der Waals surface area contributed by atoms with Gasteiger partial charge in [-0.05, 0) is 43.7 Å². The van der Waals surface area contributed by atoms with E-state index in [1.807, 2.05) is 0 Å². The molecule has 4 rings (SSSR count). The molecule has 2 aliphatic rings. The molecule has 0 bridgehead atoms. The Morgan fingerprint density at radius 3 is 2.90 bits per heavy atom. The Labute approximate surface area is 119 Å². The number of pyridine rings is 1. The highest BCUT2D eigenvalue weighted by Gasteiger charge is 2.26. The highest BCUT2D eigenvalue weighted by atomic mass is 15.2. The summed E-state index contributed by atoms with van der Waals surface area (Å²) in [7, 11) is 2.18. The van der Waals surface area contributed by atoms with Crippen molar-refractivity contribution < 1.29 is 0 Å². The number of rotatable bonds is 6. The molecule has 0 radical (unpaired) electrons. The fraction of sp³-hybridized carbons (Fsp3) is 0.562. The van der Waals surface area contributed by atoms with E-state index in [4.69, 9.17) is 4.98 Å². The fourth-order valence-electron chi connectivity index (χ4n) is 2.81. The molecule has 2 aromatic heterocycles. The van der Waals surface area contributed by atoms with E-state index < -0.39 is 0 Å². The second kappa shape index (κ2) is 4.77. The molecule has 20 heavy (non-hydrogen) atoms. The smallest absolute Gasteiger partial charge is 0.152 e. The van der Waals surface area contributed by atoms with Crippen molar-refractivity contribution in [3.63, 3.8) is 0 Å². The van der Waals surface area contributed by atoms with Crippen LogP contribution in [0, 0.1) is 5.92 Å². The third kappa shape index (κ3) is 2.40. The first-order valence-corrected chi connectivity index (χ1v) is 7.72. The van der Waals surface area contributed by atoms with Gasteiger partial charge in [0.05, 0.1) is 5.69 Å². The zero-order chi connectivity index (χ0) is 13.5. The van der Waals surface area contributed by atoms with E-state index in [2.05, 4.69) is 46.1 Å². The molecule has 0 saturated heterocycles. The van der Waals surface area contributed by atoms with Gasteiger partial charge in [-0.15, -0.1) is 0 Å². The molecule has 2 heterocycles. The molecular weight excluding hydrogens is 248 g/mol. The number of hydrogen-bond donors (Lipinski definition) is 1. The lowest BCUT2D eigenvalue weighted by atomic mass is 10.3. The quantitative estimate of drug-likeness (QED) is 0.875. The molecule has 0 amide bonds. The van der Waals surface area contributed by atoms with Gasteiger partial charge in [0.25, 0.3) is 0 Å². The summed E-state index contributed by atoms with van der Waals surface area (Å²) in [5.41, 5.74) is 2.35. The van der Waals surface area contributed by atoms with Gasteiger partial charge in [-0.3, -0.25) is 0 Å². The Kier molecular flexibility index (Phi) is 2.91. The number of nitrogens with one attached hydrogen (secondary N) is 1. The van der Waals surface area contributed by atoms with Crippen molar-refractivity contribution in [1.82, 2.24) is 14.7 Å². The van der Waals surface area contributed by atoms with Gasteiger partial charge in [-0.2, -0.15) is 0 Å². The van der Waals surface area contributed by atoms with Crippen molar-refractivity contribution in [2.75, 3.05) is 18.5 Å². The SMILES string of the molecule is CN(CC1CC1)c1nc2ccccn2c1CNC1CC1. The second-order valence-corrected chi connectivity index (χ2v) is 6.29. The average Bonchev–Trinajstić information content (AvgIpc) is 3.37. The number of hydrogen-bond acceptors (Lipinski definition) is 3. The summed E-state index contributed by atoms with van der Waals surface area (Å²) in [4.78, 5) is 7.18. The Bertz CT molecular complexity index is 610. The molecule has 4 nitrogen and oxygen atoms in total. The molecule has 2 saturated carbocycles. The summed E-state index contributed by atoms with van der Waals surface area (Å²) in [6, 6.07) is 6.96. The maximum Gasteiger partial charge on any atom is 0.152 e. The van der Waals surface area contributed by atoms with Crippen LogP contribution in [0.4, 0.5) is 5.82 Å². The molecule has 0 aromatic carbocycles. The van der Waals surface area contributed by atoms with Crippen LogP contribution in [0.5, 0.6) is 0 Å². The summed E-state index contributed by atoms with van der Waals surface area (Å²) in [5.74, 6) is 2.03. The Hall–Kier alpha value is -1.55. The second-order valence-electron chi connectivity index (χ2n) is 6.29. The highest BCUT2D eigenvalue weighted by Crippen LogP contribution is 2.32. The maximum absolute atomic E-state index is 4.84. The van der Waals surface area contributed by atoms with Gasteiger partial charge >= 0.3 is 0 Å². The van der Waals surface area contributed by atoms with Crippen LogP contribution >= 0.6 is 0 Å². The monoisotopic (exact) mass is 270 g/mol. The van der Waals surface area contributed by atoms with E-state index in [0.29, 0.717) is 0 Å². The number of fused-ring (bicyclic) bond motifs is 1. The van der Waals surface area contributed by atoms with Crippen molar-refractivity contribution in [1.29, 1.82) is 0 Å². The van der Waals surface area contributed by atoms with Crippen molar-refractivity contribution in [2.24, 2.45) is 5.92 Å². The van der Waals surface area contributed by atoms with E-state index in [-0.39, 0.29) is 0 Å². The van der Waals surface area contributed by atoms with Crippen molar-refractivity contribution in [3.05, 3.63) is 30.1 Å². The van der Waals surface area contributed by atoms with Gasteiger partial charge in [0.15, 0.2) is 5.82 Å². The summed E-state index contributed by atoms with van der Waals surface area (Å²) in [6.07, 6.45) is 7.54. The molecule has 2 aromatic rings. The number of imidazole rings is 1. The van der Waals surface area contributed by atoms with Crippen LogP contribution < -0.4 is 10.2 Å². The van der Waals surface area contributed by atoms with Crippen molar-refractivity contribution in [2.45, 2.75) is 38.3 Å². The number of anilines is 1. The predicted octanol–water partition coefficient (Wildman–Crippen LogP) is 2.43. The van der Waals surface area contributed by atoms with Crippen molar-refractivity contribution >= 4 is 11.5 Å².